The van der Waals surface area contributed by atoms with Crippen LogP contribution in [0.1, 0.15) is 51.9 Å². The molecule has 2 rings (SSSR count). The average molecular weight is 267 g/mol. The van der Waals surface area contributed by atoms with Gasteiger partial charge in [-0.3, -0.25) is 9.59 Å². The molecule has 0 heterocycles. The number of hydrogen-bond acceptors (Lipinski definition) is 3. The van der Waals surface area contributed by atoms with Crippen LogP contribution in [0.4, 0.5) is 0 Å². The molecule has 2 saturated carbocycles. The minimum Gasteiger partial charge on any atom is -0.466 e. The Balaban J connectivity index is 1.78. The van der Waals surface area contributed by atoms with Gasteiger partial charge in [0.1, 0.15) is 0 Å². The molecule has 1 amide bonds. The number of amides is 1. The predicted octanol–water partition coefficient (Wildman–Crippen LogP) is 2.37. The first-order chi connectivity index (χ1) is 9.13. The highest BCUT2D eigenvalue weighted by Crippen LogP contribution is 2.32. The van der Waals surface area contributed by atoms with Crippen molar-refractivity contribution in [2.24, 2.45) is 11.8 Å². The molecule has 2 aliphatic carbocycles. The summed E-state index contributed by atoms with van der Waals surface area (Å²) in [6.07, 6.45) is 6.87. The molecule has 0 saturated heterocycles. The van der Waals surface area contributed by atoms with Crippen LogP contribution in [-0.4, -0.2) is 36.5 Å². The normalized spacial score (nSPS) is 27.5. The molecule has 4 heteroatoms. The van der Waals surface area contributed by atoms with Crippen LogP contribution >= 0.6 is 0 Å². The first-order valence-corrected chi connectivity index (χ1v) is 7.56. The van der Waals surface area contributed by atoms with Gasteiger partial charge < -0.3 is 9.64 Å². The summed E-state index contributed by atoms with van der Waals surface area (Å²) in [4.78, 5) is 25.8. The second-order valence-electron chi connectivity index (χ2n) is 5.83. The Morgan fingerprint density at radius 2 is 1.68 bits per heavy atom. The highest BCUT2D eigenvalue weighted by atomic mass is 16.5. The van der Waals surface area contributed by atoms with Crippen molar-refractivity contribution < 1.29 is 14.3 Å². The lowest BCUT2D eigenvalue weighted by atomic mass is 9.82. The van der Waals surface area contributed by atoms with Gasteiger partial charge in [-0.25, -0.2) is 0 Å². The molecule has 0 aromatic carbocycles. The summed E-state index contributed by atoms with van der Waals surface area (Å²) in [5.41, 5.74) is 0. The van der Waals surface area contributed by atoms with Gasteiger partial charge in [-0.15, -0.1) is 0 Å². The highest BCUT2D eigenvalue weighted by molar-refractivity contribution is 5.79. The smallest absolute Gasteiger partial charge is 0.308 e. The van der Waals surface area contributed by atoms with Crippen LogP contribution in [-0.2, 0) is 14.3 Å². The zero-order valence-electron chi connectivity index (χ0n) is 12.1. The molecule has 0 aliphatic heterocycles. The Kier molecular flexibility index (Phi) is 4.83. The third kappa shape index (κ3) is 3.28. The van der Waals surface area contributed by atoms with Crippen LogP contribution < -0.4 is 0 Å². The van der Waals surface area contributed by atoms with E-state index in [1.807, 2.05) is 18.9 Å². The van der Waals surface area contributed by atoms with E-state index in [9.17, 15) is 9.59 Å². The largest absolute Gasteiger partial charge is 0.466 e. The van der Waals surface area contributed by atoms with E-state index in [2.05, 4.69) is 0 Å². The molecular weight excluding hydrogens is 242 g/mol. The van der Waals surface area contributed by atoms with Crippen molar-refractivity contribution in [1.82, 2.24) is 4.90 Å². The molecule has 0 aromatic rings. The molecule has 0 atom stereocenters. The molecule has 19 heavy (non-hydrogen) atoms. The molecule has 2 fully saturated rings. The lowest BCUT2D eigenvalue weighted by Crippen LogP contribution is -2.44. The van der Waals surface area contributed by atoms with Gasteiger partial charge in [-0.05, 0) is 45.4 Å². The minimum atomic E-state index is -0.0612. The zero-order chi connectivity index (χ0) is 13.8. The number of carbonyl (C=O) groups is 2. The van der Waals surface area contributed by atoms with Crippen molar-refractivity contribution in [3.8, 4) is 0 Å². The number of esters is 1. The predicted molar refractivity (Wildman–Crippen MR) is 72.5 cm³/mol. The molecule has 0 spiro atoms. The van der Waals surface area contributed by atoms with Gasteiger partial charge in [-0.1, -0.05) is 6.42 Å². The van der Waals surface area contributed by atoms with Crippen molar-refractivity contribution in [3.63, 3.8) is 0 Å². The maximum atomic E-state index is 12.2. The summed E-state index contributed by atoms with van der Waals surface area (Å²) < 4.78 is 5.07. The minimum absolute atomic E-state index is 0.0448. The number of ether oxygens (including phenoxy) is 1. The fourth-order valence-corrected chi connectivity index (χ4v) is 3.08. The van der Waals surface area contributed by atoms with E-state index in [1.54, 1.807) is 0 Å². The maximum Gasteiger partial charge on any atom is 0.308 e. The average Bonchev–Trinajstić information content (AvgIpc) is 2.36. The summed E-state index contributed by atoms with van der Waals surface area (Å²) in [6, 6.07) is 0.318. The fourth-order valence-electron chi connectivity index (χ4n) is 3.08. The third-order valence-corrected chi connectivity index (χ3v) is 4.67. The second kappa shape index (κ2) is 6.40. The number of rotatable bonds is 4. The van der Waals surface area contributed by atoms with Gasteiger partial charge in [0.25, 0.3) is 0 Å². The van der Waals surface area contributed by atoms with Crippen LogP contribution in [0.2, 0.25) is 0 Å². The molecule has 0 N–H and O–H groups in total. The molecule has 108 valence electrons. The Morgan fingerprint density at radius 1 is 1.05 bits per heavy atom. The first-order valence-electron chi connectivity index (χ1n) is 7.56. The summed E-state index contributed by atoms with van der Waals surface area (Å²) in [7, 11) is 1.93. The van der Waals surface area contributed by atoms with E-state index < -0.39 is 0 Å². The number of nitrogens with zero attached hydrogens (tertiary/aromatic N) is 1. The van der Waals surface area contributed by atoms with Gasteiger partial charge in [0.2, 0.25) is 5.91 Å². The van der Waals surface area contributed by atoms with Crippen LogP contribution in [0.5, 0.6) is 0 Å². The van der Waals surface area contributed by atoms with E-state index in [0.29, 0.717) is 18.6 Å². The molecular formula is C15H25NO3. The van der Waals surface area contributed by atoms with Crippen molar-refractivity contribution in [3.05, 3.63) is 0 Å². The number of hydrogen-bond donors (Lipinski definition) is 0. The van der Waals surface area contributed by atoms with Gasteiger partial charge in [0, 0.05) is 19.0 Å². The highest BCUT2D eigenvalue weighted by Gasteiger charge is 2.34. The molecule has 0 radical (unpaired) electrons. The number of carbonyl (C=O) groups excluding carboxylic acids is 2. The van der Waals surface area contributed by atoms with Gasteiger partial charge in [0.15, 0.2) is 0 Å². The van der Waals surface area contributed by atoms with Gasteiger partial charge in [-0.2, -0.15) is 0 Å². The van der Waals surface area contributed by atoms with Gasteiger partial charge in [0.05, 0.1) is 12.5 Å². The van der Waals surface area contributed by atoms with Crippen LogP contribution in [0.15, 0.2) is 0 Å². The van der Waals surface area contributed by atoms with Crippen LogP contribution in [0.25, 0.3) is 0 Å². The molecule has 4 nitrogen and oxygen atoms in total. The van der Waals surface area contributed by atoms with Gasteiger partial charge >= 0.3 is 5.97 Å². The SMILES string of the molecule is CCOC(=O)C1CCC(N(C)C(=O)C2CCC2)CC1. The zero-order valence-corrected chi connectivity index (χ0v) is 12.1. The van der Waals surface area contributed by atoms with E-state index in [-0.39, 0.29) is 17.8 Å². The summed E-state index contributed by atoms with van der Waals surface area (Å²) >= 11 is 0. The molecule has 0 aromatic heterocycles. The second-order valence-corrected chi connectivity index (χ2v) is 5.83. The van der Waals surface area contributed by atoms with Crippen molar-refractivity contribution >= 4 is 11.9 Å². The summed E-state index contributed by atoms with van der Waals surface area (Å²) in [5.74, 6) is 0.566. The van der Waals surface area contributed by atoms with Crippen molar-refractivity contribution in [1.29, 1.82) is 0 Å². The summed E-state index contributed by atoms with van der Waals surface area (Å²) in [5, 5.41) is 0. The monoisotopic (exact) mass is 267 g/mol. The van der Waals surface area contributed by atoms with Crippen LogP contribution in [0, 0.1) is 11.8 Å². The van der Waals surface area contributed by atoms with Crippen molar-refractivity contribution in [2.75, 3.05) is 13.7 Å². The maximum absolute atomic E-state index is 12.2. The topological polar surface area (TPSA) is 46.6 Å². The molecule has 2 aliphatic rings. The lowest BCUT2D eigenvalue weighted by molar-refractivity contribution is -0.149. The standard InChI is InChI=1S/C15H25NO3/c1-3-19-15(18)12-7-9-13(10-8-12)16(2)14(17)11-5-4-6-11/h11-13H,3-10H2,1-2H3. The first kappa shape index (κ1) is 14.4. The molecule has 0 bridgehead atoms. The van der Waals surface area contributed by atoms with Crippen LogP contribution in [0.3, 0.4) is 0 Å². The van der Waals surface area contributed by atoms with Crippen molar-refractivity contribution in [2.45, 2.75) is 57.9 Å². The quantitative estimate of drug-likeness (QED) is 0.735. The van der Waals surface area contributed by atoms with E-state index in [0.717, 1.165) is 38.5 Å². The lowest BCUT2D eigenvalue weighted by Gasteiger charge is -2.37. The summed E-state index contributed by atoms with van der Waals surface area (Å²) in [6.45, 7) is 2.30. The Morgan fingerprint density at radius 3 is 2.16 bits per heavy atom. The molecule has 0 unspecified atom stereocenters. The van der Waals surface area contributed by atoms with E-state index >= 15 is 0 Å². The fraction of sp³-hybridized carbons (Fsp3) is 0.867. The Bertz CT molecular complexity index is 330. The van der Waals surface area contributed by atoms with E-state index in [1.165, 1.54) is 6.42 Å². The third-order valence-electron chi connectivity index (χ3n) is 4.67. The Hall–Kier alpha value is -1.06. The Labute approximate surface area is 115 Å². The van der Waals surface area contributed by atoms with E-state index in [4.69, 9.17) is 4.74 Å².